The van der Waals surface area contributed by atoms with Crippen LogP contribution in [0.15, 0.2) is 48.5 Å². The highest BCUT2D eigenvalue weighted by atomic mass is 14.9. The average Bonchev–Trinajstić information content (AvgIpc) is 3.43. The van der Waals surface area contributed by atoms with E-state index in [2.05, 4.69) is 60.8 Å². The second-order valence-corrected chi connectivity index (χ2v) is 15.5. The maximum atomic E-state index is 3.89. The molecule has 0 spiro atoms. The molecule has 1 saturated heterocycles. The lowest BCUT2D eigenvalue weighted by Gasteiger charge is -2.57. The van der Waals surface area contributed by atoms with Gasteiger partial charge in [0.1, 0.15) is 0 Å². The molecule has 1 heterocycles. The molecular weight excluding hydrogens is 458 g/mol. The first-order valence-electron chi connectivity index (χ1n) is 16.5. The summed E-state index contributed by atoms with van der Waals surface area (Å²) in [4.78, 5) is 0. The van der Waals surface area contributed by atoms with Gasteiger partial charge in [-0.3, -0.25) is 0 Å². The van der Waals surface area contributed by atoms with Crippen molar-refractivity contribution in [2.75, 3.05) is 6.54 Å². The van der Waals surface area contributed by atoms with E-state index in [9.17, 15) is 0 Å². The summed E-state index contributed by atoms with van der Waals surface area (Å²) in [5, 5.41) is 3.89. The van der Waals surface area contributed by atoms with Crippen molar-refractivity contribution in [2.45, 2.75) is 120 Å². The Morgan fingerprint density at radius 3 is 1.66 bits per heavy atom. The highest BCUT2D eigenvalue weighted by Gasteiger charge is 2.51. The van der Waals surface area contributed by atoms with Gasteiger partial charge in [0, 0.05) is 12.0 Å². The molecule has 1 aliphatic heterocycles. The minimum absolute atomic E-state index is 0.382. The van der Waals surface area contributed by atoms with Crippen molar-refractivity contribution in [2.24, 2.45) is 29.6 Å². The molecule has 0 amide bonds. The third-order valence-corrected chi connectivity index (χ3v) is 12.8. The van der Waals surface area contributed by atoms with Gasteiger partial charge in [0.05, 0.1) is 0 Å². The molecule has 2 aromatic rings. The van der Waals surface area contributed by atoms with Gasteiger partial charge in [-0.25, -0.2) is 0 Å². The Bertz CT molecular complexity index is 1090. The average molecular weight is 508 g/mol. The van der Waals surface area contributed by atoms with Gasteiger partial charge in [0.25, 0.3) is 0 Å². The van der Waals surface area contributed by atoms with Crippen LogP contribution < -0.4 is 5.32 Å². The summed E-state index contributed by atoms with van der Waals surface area (Å²) in [7, 11) is 0. The Morgan fingerprint density at radius 1 is 0.605 bits per heavy atom. The molecule has 3 unspecified atom stereocenters. The topological polar surface area (TPSA) is 12.0 Å². The zero-order valence-electron chi connectivity index (χ0n) is 23.8. The van der Waals surface area contributed by atoms with E-state index < -0.39 is 0 Å². The normalized spacial score (nSPS) is 42.3. The van der Waals surface area contributed by atoms with Crippen LogP contribution >= 0.6 is 0 Å². The SMILES string of the molecule is CC1(c2ccc([C@@H](c3ccc(C45CC6CC(CC(C6)C4)C5)cc3)C3CCCN3)cc2)CC2CCCC(C2)C1. The number of hydrogen-bond acceptors (Lipinski definition) is 1. The number of fused-ring (bicyclic) bond motifs is 2. The van der Waals surface area contributed by atoms with Crippen LogP contribution in [-0.2, 0) is 10.8 Å². The summed E-state index contributed by atoms with van der Waals surface area (Å²) in [5.74, 6) is 5.45. The number of hydrogen-bond donors (Lipinski definition) is 1. The maximum Gasteiger partial charge on any atom is 0.0243 e. The van der Waals surface area contributed by atoms with Crippen molar-refractivity contribution in [3.05, 3.63) is 70.8 Å². The van der Waals surface area contributed by atoms with Gasteiger partial charge in [-0.15, -0.1) is 0 Å². The monoisotopic (exact) mass is 507 g/mol. The van der Waals surface area contributed by atoms with Gasteiger partial charge in [-0.1, -0.05) is 74.7 Å². The van der Waals surface area contributed by atoms with Crippen LogP contribution in [0.5, 0.6) is 0 Å². The van der Waals surface area contributed by atoms with Crippen LogP contribution in [0.1, 0.15) is 125 Å². The molecule has 1 N–H and O–H groups in total. The molecule has 2 aromatic carbocycles. The molecule has 1 nitrogen and oxygen atoms in total. The van der Waals surface area contributed by atoms with E-state index in [1.54, 1.807) is 11.1 Å². The second-order valence-electron chi connectivity index (χ2n) is 15.5. The van der Waals surface area contributed by atoms with Crippen molar-refractivity contribution >= 4 is 0 Å². The zero-order chi connectivity index (χ0) is 25.3. The summed E-state index contributed by atoms with van der Waals surface area (Å²) in [5.41, 5.74) is 7.22. The molecule has 0 aromatic heterocycles. The third kappa shape index (κ3) is 4.13. The molecule has 9 rings (SSSR count). The fourth-order valence-electron chi connectivity index (χ4n) is 11.6. The first kappa shape index (κ1) is 24.2. The standard InChI is InChI=1S/C37H49N/c1-36(20-25-4-2-5-26(16-25)21-36)32-11-7-30(8-12-32)35(34-6-3-15-38-34)31-9-13-33(14-10-31)37-22-27-17-28(23-37)19-29(18-27)24-37/h7-14,25-29,34-35,38H,2-6,15-24H2,1H3/t25?,26?,27?,28?,29?,34?,35-,36?,37?/m0/s1. The number of rotatable bonds is 5. The van der Waals surface area contributed by atoms with Crippen LogP contribution in [0.2, 0.25) is 0 Å². The molecule has 7 fully saturated rings. The van der Waals surface area contributed by atoms with Crippen LogP contribution in [0.3, 0.4) is 0 Å². The van der Waals surface area contributed by atoms with Crippen molar-refractivity contribution in [1.29, 1.82) is 0 Å². The molecule has 6 bridgehead atoms. The van der Waals surface area contributed by atoms with E-state index in [1.165, 1.54) is 108 Å². The smallest absolute Gasteiger partial charge is 0.0243 e. The maximum absolute atomic E-state index is 3.89. The van der Waals surface area contributed by atoms with Gasteiger partial charge in [0.2, 0.25) is 0 Å². The molecule has 7 aliphatic rings. The zero-order valence-corrected chi connectivity index (χ0v) is 23.8. The molecule has 6 saturated carbocycles. The minimum Gasteiger partial charge on any atom is -0.313 e. The highest BCUT2D eigenvalue weighted by molar-refractivity contribution is 5.41. The molecule has 0 radical (unpaired) electrons. The lowest BCUT2D eigenvalue weighted by atomic mass is 9.48. The predicted octanol–water partition coefficient (Wildman–Crippen LogP) is 8.90. The van der Waals surface area contributed by atoms with Crippen molar-refractivity contribution in [3.8, 4) is 0 Å². The fourth-order valence-corrected chi connectivity index (χ4v) is 11.6. The van der Waals surface area contributed by atoms with E-state index >= 15 is 0 Å². The van der Waals surface area contributed by atoms with Gasteiger partial charge < -0.3 is 5.32 Å². The Kier molecular flexibility index (Phi) is 5.88. The van der Waals surface area contributed by atoms with E-state index in [0.29, 0.717) is 22.8 Å². The van der Waals surface area contributed by atoms with Crippen LogP contribution in [0.4, 0.5) is 0 Å². The largest absolute Gasteiger partial charge is 0.313 e. The molecular formula is C37H49N. The third-order valence-electron chi connectivity index (χ3n) is 12.8. The Hall–Kier alpha value is -1.60. The van der Waals surface area contributed by atoms with Gasteiger partial charge in [0.15, 0.2) is 0 Å². The van der Waals surface area contributed by atoms with Crippen molar-refractivity contribution in [1.82, 2.24) is 5.32 Å². The Morgan fingerprint density at radius 2 is 1.13 bits per heavy atom. The lowest BCUT2D eigenvalue weighted by molar-refractivity contribution is -0.00519. The second kappa shape index (κ2) is 9.22. The summed E-state index contributed by atoms with van der Waals surface area (Å²) < 4.78 is 0. The summed E-state index contributed by atoms with van der Waals surface area (Å²) in [6.45, 7) is 3.75. The van der Waals surface area contributed by atoms with Gasteiger partial charge in [-0.05, 0) is 140 Å². The predicted molar refractivity (Wildman–Crippen MR) is 158 cm³/mol. The number of benzene rings is 2. The quantitative estimate of drug-likeness (QED) is 0.426. The molecule has 202 valence electrons. The van der Waals surface area contributed by atoms with E-state index in [4.69, 9.17) is 0 Å². The van der Waals surface area contributed by atoms with Gasteiger partial charge in [-0.2, -0.15) is 0 Å². The Labute approximate surface area is 231 Å². The highest BCUT2D eigenvalue weighted by Crippen LogP contribution is 2.60. The van der Waals surface area contributed by atoms with E-state index in [0.717, 1.165) is 29.6 Å². The molecule has 1 heteroatoms. The molecule has 38 heavy (non-hydrogen) atoms. The van der Waals surface area contributed by atoms with Crippen molar-refractivity contribution in [3.63, 3.8) is 0 Å². The summed E-state index contributed by atoms with van der Waals surface area (Å²) >= 11 is 0. The molecule has 4 atom stereocenters. The lowest BCUT2D eigenvalue weighted by Crippen LogP contribution is -2.48. The fraction of sp³-hybridized carbons (Fsp3) is 0.676. The van der Waals surface area contributed by atoms with Gasteiger partial charge >= 0.3 is 0 Å². The van der Waals surface area contributed by atoms with Crippen LogP contribution in [-0.4, -0.2) is 12.6 Å². The van der Waals surface area contributed by atoms with Crippen LogP contribution in [0.25, 0.3) is 0 Å². The van der Waals surface area contributed by atoms with Crippen molar-refractivity contribution < 1.29 is 0 Å². The van der Waals surface area contributed by atoms with Crippen LogP contribution in [0, 0.1) is 29.6 Å². The summed E-state index contributed by atoms with van der Waals surface area (Å²) in [6, 6.07) is 20.9. The van der Waals surface area contributed by atoms with E-state index in [1.807, 2.05) is 0 Å². The first-order chi connectivity index (χ1) is 18.6. The Balaban J connectivity index is 1.07. The molecule has 6 aliphatic carbocycles. The first-order valence-corrected chi connectivity index (χ1v) is 16.5. The minimum atomic E-state index is 0.382. The van der Waals surface area contributed by atoms with E-state index in [-0.39, 0.29) is 0 Å². The summed E-state index contributed by atoms with van der Waals surface area (Å²) in [6.07, 6.45) is 20.3. The number of nitrogens with one attached hydrogen (secondary N) is 1.